The van der Waals surface area contributed by atoms with Gasteiger partial charge in [0.05, 0.1) is 11.6 Å². The molecule has 2 atom stereocenters. The summed E-state index contributed by atoms with van der Waals surface area (Å²) in [5, 5.41) is 20.4. The molecule has 0 heterocycles. The number of benzene rings is 1. The van der Waals surface area contributed by atoms with Gasteiger partial charge in [-0.15, -0.1) is 0 Å². The van der Waals surface area contributed by atoms with Crippen molar-refractivity contribution in [2.75, 3.05) is 13.2 Å². The third kappa shape index (κ3) is 6.28. The van der Waals surface area contributed by atoms with Gasteiger partial charge in [0.1, 0.15) is 5.75 Å². The molecule has 1 aromatic rings. The standard InChI is InChI=1S/C16H22N2O3/c1-12(11-19)4-3-9-18-16(20)13(2)21-15-7-5-14(10-17)6-8-15/h5-8,12-13,19H,3-4,9,11H2,1-2H3,(H,18,20). The monoisotopic (exact) mass is 290 g/mol. The Labute approximate surface area is 125 Å². The van der Waals surface area contributed by atoms with Gasteiger partial charge in [-0.3, -0.25) is 4.79 Å². The highest BCUT2D eigenvalue weighted by Crippen LogP contribution is 2.13. The van der Waals surface area contributed by atoms with Crippen LogP contribution >= 0.6 is 0 Å². The molecule has 0 aromatic heterocycles. The van der Waals surface area contributed by atoms with E-state index in [0.717, 1.165) is 12.8 Å². The number of hydrogen-bond acceptors (Lipinski definition) is 4. The van der Waals surface area contributed by atoms with E-state index in [1.165, 1.54) is 0 Å². The molecular formula is C16H22N2O3. The minimum absolute atomic E-state index is 0.170. The molecule has 2 unspecified atom stereocenters. The molecule has 2 N–H and O–H groups in total. The smallest absolute Gasteiger partial charge is 0.260 e. The van der Waals surface area contributed by atoms with Crippen molar-refractivity contribution in [1.29, 1.82) is 5.26 Å². The number of carbonyl (C=O) groups excluding carboxylic acids is 1. The van der Waals surface area contributed by atoms with Gasteiger partial charge in [-0.2, -0.15) is 5.26 Å². The number of carbonyl (C=O) groups is 1. The zero-order chi connectivity index (χ0) is 15.7. The van der Waals surface area contributed by atoms with Gasteiger partial charge in [0, 0.05) is 13.2 Å². The van der Waals surface area contributed by atoms with Gasteiger partial charge in [0.2, 0.25) is 0 Å². The number of hydrogen-bond donors (Lipinski definition) is 2. The predicted molar refractivity (Wildman–Crippen MR) is 79.7 cm³/mol. The Balaban J connectivity index is 2.32. The first kappa shape index (κ1) is 17.0. The van der Waals surface area contributed by atoms with Gasteiger partial charge in [-0.1, -0.05) is 6.92 Å². The van der Waals surface area contributed by atoms with Crippen molar-refractivity contribution >= 4 is 5.91 Å². The summed E-state index contributed by atoms with van der Waals surface area (Å²) < 4.78 is 5.51. The van der Waals surface area contributed by atoms with Crippen LogP contribution in [0.25, 0.3) is 0 Å². The highest BCUT2D eigenvalue weighted by atomic mass is 16.5. The van der Waals surface area contributed by atoms with Crippen molar-refractivity contribution in [3.8, 4) is 11.8 Å². The zero-order valence-corrected chi connectivity index (χ0v) is 12.5. The third-order valence-electron chi connectivity index (χ3n) is 3.15. The van der Waals surface area contributed by atoms with Crippen LogP contribution in [0.1, 0.15) is 32.3 Å². The fourth-order valence-electron chi connectivity index (χ4n) is 1.76. The molecule has 0 saturated heterocycles. The number of amides is 1. The number of nitrogens with zero attached hydrogens (tertiary/aromatic N) is 1. The molecule has 0 bridgehead atoms. The van der Waals surface area contributed by atoms with E-state index in [1.54, 1.807) is 31.2 Å². The molecule has 1 amide bonds. The molecule has 0 spiro atoms. The fourth-order valence-corrected chi connectivity index (χ4v) is 1.76. The predicted octanol–water partition coefficient (Wildman–Crippen LogP) is 1.85. The summed E-state index contributed by atoms with van der Waals surface area (Å²) >= 11 is 0. The number of rotatable bonds is 8. The number of aliphatic hydroxyl groups is 1. The van der Waals surface area contributed by atoms with Gasteiger partial charge in [0.25, 0.3) is 5.91 Å². The average Bonchev–Trinajstić information content (AvgIpc) is 2.51. The van der Waals surface area contributed by atoms with Crippen molar-refractivity contribution < 1.29 is 14.6 Å². The van der Waals surface area contributed by atoms with E-state index >= 15 is 0 Å². The normalized spacial score (nSPS) is 13.0. The highest BCUT2D eigenvalue weighted by Gasteiger charge is 2.14. The number of nitrogens with one attached hydrogen (secondary N) is 1. The molecule has 0 aliphatic heterocycles. The Bertz CT molecular complexity index is 479. The van der Waals surface area contributed by atoms with Crippen LogP contribution in [-0.4, -0.2) is 30.3 Å². The van der Waals surface area contributed by atoms with E-state index in [1.807, 2.05) is 13.0 Å². The topological polar surface area (TPSA) is 82.3 Å². The first-order valence-electron chi connectivity index (χ1n) is 7.12. The van der Waals surface area contributed by atoms with Crippen LogP contribution in [0.15, 0.2) is 24.3 Å². The first-order valence-corrected chi connectivity index (χ1v) is 7.12. The van der Waals surface area contributed by atoms with Crippen LogP contribution in [0.5, 0.6) is 5.75 Å². The molecular weight excluding hydrogens is 268 g/mol. The number of ether oxygens (including phenoxy) is 1. The SMILES string of the molecule is CC(CO)CCCNC(=O)C(C)Oc1ccc(C#N)cc1. The fraction of sp³-hybridized carbons (Fsp3) is 0.500. The van der Waals surface area contributed by atoms with Crippen LogP contribution in [0.2, 0.25) is 0 Å². The summed E-state index contributed by atoms with van der Waals surface area (Å²) in [7, 11) is 0. The van der Waals surface area contributed by atoms with Gasteiger partial charge < -0.3 is 15.2 Å². The maximum atomic E-state index is 11.8. The first-order chi connectivity index (χ1) is 10.1. The summed E-state index contributed by atoms with van der Waals surface area (Å²) in [5.74, 6) is 0.649. The highest BCUT2D eigenvalue weighted by molar-refractivity contribution is 5.80. The Kier molecular flexibility index (Phi) is 7.27. The van der Waals surface area contributed by atoms with E-state index in [9.17, 15) is 4.79 Å². The second-order valence-electron chi connectivity index (χ2n) is 5.12. The third-order valence-corrected chi connectivity index (χ3v) is 3.15. The lowest BCUT2D eigenvalue weighted by Gasteiger charge is -2.15. The zero-order valence-electron chi connectivity index (χ0n) is 12.5. The van der Waals surface area contributed by atoms with Crippen molar-refractivity contribution in [3.05, 3.63) is 29.8 Å². The molecule has 0 radical (unpaired) electrons. The maximum absolute atomic E-state index is 11.8. The molecule has 0 aliphatic rings. The van der Waals surface area contributed by atoms with Gasteiger partial charge >= 0.3 is 0 Å². The van der Waals surface area contributed by atoms with Crippen LogP contribution in [0.3, 0.4) is 0 Å². The molecule has 114 valence electrons. The maximum Gasteiger partial charge on any atom is 0.260 e. The van der Waals surface area contributed by atoms with Gasteiger partial charge in [-0.25, -0.2) is 0 Å². The molecule has 1 rings (SSSR count). The number of aliphatic hydroxyl groups excluding tert-OH is 1. The second kappa shape index (κ2) is 8.98. The van der Waals surface area contributed by atoms with Crippen molar-refractivity contribution in [2.24, 2.45) is 5.92 Å². The molecule has 0 saturated carbocycles. The molecule has 5 nitrogen and oxygen atoms in total. The Morgan fingerprint density at radius 3 is 2.62 bits per heavy atom. The van der Waals surface area contributed by atoms with Crippen LogP contribution in [0, 0.1) is 17.2 Å². The average molecular weight is 290 g/mol. The van der Waals surface area contributed by atoms with Gasteiger partial charge in [0.15, 0.2) is 6.10 Å². The second-order valence-corrected chi connectivity index (χ2v) is 5.12. The quantitative estimate of drug-likeness (QED) is 0.716. The summed E-state index contributed by atoms with van der Waals surface area (Å²) in [6, 6.07) is 8.67. The van der Waals surface area contributed by atoms with E-state index in [-0.39, 0.29) is 18.4 Å². The lowest BCUT2D eigenvalue weighted by atomic mass is 10.1. The van der Waals surface area contributed by atoms with Crippen LogP contribution < -0.4 is 10.1 Å². The Morgan fingerprint density at radius 2 is 2.05 bits per heavy atom. The Hall–Kier alpha value is -2.06. The Morgan fingerprint density at radius 1 is 1.38 bits per heavy atom. The molecule has 1 aromatic carbocycles. The van der Waals surface area contributed by atoms with Gasteiger partial charge in [-0.05, 0) is 49.9 Å². The lowest BCUT2D eigenvalue weighted by molar-refractivity contribution is -0.127. The van der Waals surface area contributed by atoms with E-state index in [2.05, 4.69) is 5.32 Å². The lowest BCUT2D eigenvalue weighted by Crippen LogP contribution is -2.36. The number of nitriles is 1. The van der Waals surface area contributed by atoms with Crippen molar-refractivity contribution in [2.45, 2.75) is 32.8 Å². The molecule has 0 aliphatic carbocycles. The van der Waals surface area contributed by atoms with E-state index in [4.69, 9.17) is 15.1 Å². The summed E-state index contributed by atoms with van der Waals surface area (Å²) in [4.78, 5) is 11.8. The van der Waals surface area contributed by atoms with Crippen LogP contribution in [-0.2, 0) is 4.79 Å². The molecule has 21 heavy (non-hydrogen) atoms. The van der Waals surface area contributed by atoms with Crippen molar-refractivity contribution in [3.63, 3.8) is 0 Å². The molecule has 5 heteroatoms. The largest absolute Gasteiger partial charge is 0.481 e. The minimum Gasteiger partial charge on any atom is -0.481 e. The van der Waals surface area contributed by atoms with E-state index < -0.39 is 6.10 Å². The summed E-state index contributed by atoms with van der Waals surface area (Å²) in [6.07, 6.45) is 1.12. The summed E-state index contributed by atoms with van der Waals surface area (Å²) in [6.45, 7) is 4.40. The molecule has 0 fully saturated rings. The minimum atomic E-state index is -0.590. The summed E-state index contributed by atoms with van der Waals surface area (Å²) in [5.41, 5.74) is 0.553. The van der Waals surface area contributed by atoms with Crippen molar-refractivity contribution in [1.82, 2.24) is 5.32 Å². The van der Waals surface area contributed by atoms with Crippen LogP contribution in [0.4, 0.5) is 0 Å². The van der Waals surface area contributed by atoms with E-state index in [0.29, 0.717) is 17.9 Å².